The van der Waals surface area contributed by atoms with E-state index < -0.39 is 0 Å². The van der Waals surface area contributed by atoms with Crippen molar-refractivity contribution in [2.45, 2.75) is 6.42 Å². The molecule has 0 N–H and O–H groups in total. The van der Waals surface area contributed by atoms with Crippen molar-refractivity contribution in [3.63, 3.8) is 0 Å². The molecule has 5 heteroatoms. The second-order valence-electron chi connectivity index (χ2n) is 3.99. The first-order valence-electron chi connectivity index (χ1n) is 5.83. The van der Waals surface area contributed by atoms with Crippen molar-refractivity contribution in [1.82, 2.24) is 4.90 Å². The lowest BCUT2D eigenvalue weighted by Crippen LogP contribution is -2.30. The van der Waals surface area contributed by atoms with Crippen molar-refractivity contribution in [2.24, 2.45) is 0 Å². The van der Waals surface area contributed by atoms with Crippen molar-refractivity contribution >= 4 is 34.2 Å². The average molecular weight is 291 g/mol. The minimum Gasteiger partial charge on any atom is -0.481 e. The van der Waals surface area contributed by atoms with Crippen molar-refractivity contribution in [2.75, 3.05) is 18.9 Å². The number of thiocarbonyl (C=S) groups is 1. The van der Waals surface area contributed by atoms with Crippen molar-refractivity contribution in [3.8, 4) is 18.1 Å². The highest BCUT2D eigenvalue weighted by Gasteiger charge is 2.25. The number of hydrogen-bond donors (Lipinski definition) is 0. The van der Waals surface area contributed by atoms with E-state index in [1.54, 1.807) is 4.90 Å². The van der Waals surface area contributed by atoms with Crippen LogP contribution in [0, 0.1) is 12.3 Å². The van der Waals surface area contributed by atoms with Crippen LogP contribution in [0.1, 0.15) is 5.56 Å². The fourth-order valence-electron chi connectivity index (χ4n) is 1.72. The average Bonchev–Trinajstić information content (AvgIpc) is 2.75. The van der Waals surface area contributed by atoms with E-state index in [2.05, 4.69) is 5.92 Å². The van der Waals surface area contributed by atoms with Gasteiger partial charge in [-0.15, -0.1) is 6.42 Å². The maximum absolute atomic E-state index is 11.6. The van der Waals surface area contributed by atoms with Gasteiger partial charge >= 0.3 is 0 Å². The summed E-state index contributed by atoms with van der Waals surface area (Å²) >= 11 is 6.56. The Morgan fingerprint density at radius 3 is 2.74 bits per heavy atom. The lowest BCUT2D eigenvalue weighted by atomic mass is 10.1. The van der Waals surface area contributed by atoms with Gasteiger partial charge in [0.1, 0.15) is 16.7 Å². The summed E-state index contributed by atoms with van der Waals surface area (Å²) in [7, 11) is 0. The summed E-state index contributed by atoms with van der Waals surface area (Å²) in [4.78, 5) is 13.2. The number of amides is 1. The highest BCUT2D eigenvalue weighted by atomic mass is 32.2. The highest BCUT2D eigenvalue weighted by molar-refractivity contribution is 8.23. The Labute approximate surface area is 122 Å². The number of nitrogens with zero attached hydrogens (tertiary/aromatic N) is 1. The molecule has 1 aliphatic heterocycles. The number of carbonyl (C=O) groups excluding carboxylic acids is 1. The van der Waals surface area contributed by atoms with Gasteiger partial charge in [-0.2, -0.15) is 0 Å². The number of ether oxygens (including phenoxy) is 1. The van der Waals surface area contributed by atoms with E-state index in [4.69, 9.17) is 23.4 Å². The molecule has 0 atom stereocenters. The van der Waals surface area contributed by atoms with Gasteiger partial charge in [-0.25, -0.2) is 0 Å². The van der Waals surface area contributed by atoms with Crippen molar-refractivity contribution < 1.29 is 9.53 Å². The fourth-order valence-corrected chi connectivity index (χ4v) is 2.84. The summed E-state index contributed by atoms with van der Waals surface area (Å²) in [6, 6.07) is 7.71. The molecule has 98 valence electrons. The SMILES string of the molecule is C#CCOc1ccc(CCN2C(=O)CSC2=S)cc1. The summed E-state index contributed by atoms with van der Waals surface area (Å²) in [5, 5.41) is 0. The zero-order valence-electron chi connectivity index (χ0n) is 10.3. The van der Waals surface area contributed by atoms with E-state index in [9.17, 15) is 4.79 Å². The minimum atomic E-state index is 0.101. The molecule has 19 heavy (non-hydrogen) atoms. The van der Waals surface area contributed by atoms with Gasteiger partial charge < -0.3 is 4.74 Å². The Morgan fingerprint density at radius 2 is 2.16 bits per heavy atom. The number of hydrogen-bond acceptors (Lipinski definition) is 4. The van der Waals surface area contributed by atoms with Gasteiger partial charge in [-0.1, -0.05) is 42.0 Å². The van der Waals surface area contributed by atoms with Gasteiger partial charge in [0.2, 0.25) is 5.91 Å². The third-order valence-electron chi connectivity index (χ3n) is 2.71. The quantitative estimate of drug-likeness (QED) is 0.614. The van der Waals surface area contributed by atoms with E-state index in [0.717, 1.165) is 17.7 Å². The number of carbonyl (C=O) groups is 1. The van der Waals surface area contributed by atoms with E-state index in [0.29, 0.717) is 16.6 Å². The Kier molecular flexibility index (Phi) is 4.83. The summed E-state index contributed by atoms with van der Waals surface area (Å²) in [6.07, 6.45) is 5.90. The van der Waals surface area contributed by atoms with Gasteiger partial charge in [-0.05, 0) is 24.1 Å². The predicted octanol–water partition coefficient (Wildman–Crippen LogP) is 2.10. The predicted molar refractivity (Wildman–Crippen MR) is 81.2 cm³/mol. The van der Waals surface area contributed by atoms with Crippen molar-refractivity contribution in [3.05, 3.63) is 29.8 Å². The van der Waals surface area contributed by atoms with Crippen LogP contribution in [0.2, 0.25) is 0 Å². The van der Waals surface area contributed by atoms with Crippen LogP contribution in [0.15, 0.2) is 24.3 Å². The maximum Gasteiger partial charge on any atom is 0.238 e. The fraction of sp³-hybridized carbons (Fsp3) is 0.286. The van der Waals surface area contributed by atoms with E-state index >= 15 is 0 Å². The standard InChI is InChI=1S/C14H13NO2S2/c1-2-9-17-12-5-3-11(4-6-12)7-8-15-13(16)10-19-14(15)18/h1,3-6H,7-10H2. The number of benzene rings is 1. The molecule has 0 aliphatic carbocycles. The number of terminal acetylenes is 1. The maximum atomic E-state index is 11.6. The Balaban J connectivity index is 1.88. The number of thioether (sulfide) groups is 1. The van der Waals surface area contributed by atoms with Gasteiger partial charge in [0.15, 0.2) is 0 Å². The van der Waals surface area contributed by atoms with Crippen LogP contribution in [0.25, 0.3) is 0 Å². The minimum absolute atomic E-state index is 0.101. The molecule has 1 heterocycles. The Morgan fingerprint density at radius 1 is 1.42 bits per heavy atom. The largest absolute Gasteiger partial charge is 0.481 e. The molecule has 1 fully saturated rings. The third kappa shape index (κ3) is 3.72. The third-order valence-corrected chi connectivity index (χ3v) is 4.14. The van der Waals surface area contributed by atoms with Crippen LogP contribution >= 0.6 is 24.0 Å². The van der Waals surface area contributed by atoms with Gasteiger partial charge in [-0.3, -0.25) is 9.69 Å². The Bertz CT molecular complexity index is 503. The van der Waals surface area contributed by atoms with Gasteiger partial charge in [0, 0.05) is 6.54 Å². The van der Waals surface area contributed by atoms with E-state index in [1.807, 2.05) is 24.3 Å². The monoisotopic (exact) mass is 291 g/mol. The first kappa shape index (κ1) is 13.9. The molecule has 1 aromatic rings. The molecule has 1 amide bonds. The molecular formula is C14H13NO2S2. The van der Waals surface area contributed by atoms with Crippen LogP contribution < -0.4 is 4.74 Å². The molecule has 0 aromatic heterocycles. The second-order valence-corrected chi connectivity index (χ2v) is 5.60. The summed E-state index contributed by atoms with van der Waals surface area (Å²) in [5.74, 6) is 3.75. The molecule has 0 radical (unpaired) electrons. The molecule has 2 rings (SSSR count). The van der Waals surface area contributed by atoms with Crippen LogP contribution in [-0.4, -0.2) is 34.0 Å². The first-order valence-corrected chi connectivity index (χ1v) is 7.22. The van der Waals surface area contributed by atoms with E-state index in [-0.39, 0.29) is 12.5 Å². The lowest BCUT2D eigenvalue weighted by molar-refractivity contribution is -0.123. The molecule has 1 aliphatic rings. The molecule has 1 saturated heterocycles. The molecule has 3 nitrogen and oxygen atoms in total. The highest BCUT2D eigenvalue weighted by Crippen LogP contribution is 2.20. The van der Waals surface area contributed by atoms with Gasteiger partial charge in [0.25, 0.3) is 0 Å². The topological polar surface area (TPSA) is 29.5 Å². The molecule has 1 aromatic carbocycles. The molecular weight excluding hydrogens is 278 g/mol. The molecule has 0 saturated carbocycles. The van der Waals surface area contributed by atoms with Crippen LogP contribution in [-0.2, 0) is 11.2 Å². The normalized spacial score (nSPS) is 14.6. The van der Waals surface area contributed by atoms with Crippen molar-refractivity contribution in [1.29, 1.82) is 0 Å². The summed E-state index contributed by atoms with van der Waals surface area (Å²) < 4.78 is 5.98. The zero-order chi connectivity index (χ0) is 13.7. The van der Waals surface area contributed by atoms with Gasteiger partial charge in [0.05, 0.1) is 5.75 Å². The summed E-state index contributed by atoms with van der Waals surface area (Å²) in [6.45, 7) is 0.905. The Hall–Kier alpha value is -1.51. The first-order chi connectivity index (χ1) is 9.20. The van der Waals surface area contributed by atoms with Crippen LogP contribution in [0.5, 0.6) is 5.75 Å². The van der Waals surface area contributed by atoms with Crippen LogP contribution in [0.3, 0.4) is 0 Å². The summed E-state index contributed by atoms with van der Waals surface area (Å²) in [5.41, 5.74) is 1.14. The lowest BCUT2D eigenvalue weighted by Gasteiger charge is -2.14. The van der Waals surface area contributed by atoms with E-state index in [1.165, 1.54) is 11.8 Å². The van der Waals surface area contributed by atoms with Crippen LogP contribution in [0.4, 0.5) is 0 Å². The molecule has 0 bridgehead atoms. The number of rotatable bonds is 5. The smallest absolute Gasteiger partial charge is 0.238 e. The zero-order valence-corrected chi connectivity index (χ0v) is 11.9. The second kappa shape index (κ2) is 6.60. The molecule has 0 spiro atoms. The molecule has 0 unspecified atom stereocenters.